The molecule has 1 heterocycles. The van der Waals surface area contributed by atoms with Crippen molar-refractivity contribution in [3.63, 3.8) is 0 Å². The van der Waals surface area contributed by atoms with Gasteiger partial charge in [0.2, 0.25) is 0 Å². The highest BCUT2D eigenvalue weighted by Gasteiger charge is 2.23. The van der Waals surface area contributed by atoms with Crippen LogP contribution in [-0.2, 0) is 16.6 Å². The van der Waals surface area contributed by atoms with Crippen molar-refractivity contribution in [3.8, 4) is 0 Å². The summed E-state index contributed by atoms with van der Waals surface area (Å²) in [4.78, 5) is 11.6. The Kier molecular flexibility index (Phi) is 3.73. The molecule has 5 heteroatoms. The minimum absolute atomic E-state index is 0.252. The van der Waals surface area contributed by atoms with Gasteiger partial charge in [-0.15, -0.1) is 0 Å². The zero-order chi connectivity index (χ0) is 13.3. The number of aryl methyl sites for hydroxylation is 1. The molecule has 0 amide bonds. The van der Waals surface area contributed by atoms with Crippen molar-refractivity contribution in [2.24, 2.45) is 7.05 Å². The molecule has 18 heavy (non-hydrogen) atoms. The van der Waals surface area contributed by atoms with Gasteiger partial charge in [-0.25, -0.2) is 4.79 Å². The van der Waals surface area contributed by atoms with Crippen LogP contribution in [0, 0.1) is 0 Å². The fourth-order valence-electron chi connectivity index (χ4n) is 1.99. The molecule has 0 fully saturated rings. The molecule has 96 valence electrons. The average Bonchev–Trinajstić information content (AvgIpc) is 2.68. The molecule has 0 aliphatic rings. The molecule has 1 unspecified atom stereocenters. The number of ether oxygens (including phenoxy) is 1. The van der Waals surface area contributed by atoms with Crippen molar-refractivity contribution in [1.82, 2.24) is 4.57 Å². The Morgan fingerprint density at radius 2 is 2.28 bits per heavy atom. The Hall–Kier alpha value is -1.33. The third-order valence-corrected chi connectivity index (χ3v) is 3.46. The Morgan fingerprint density at radius 1 is 1.56 bits per heavy atom. The van der Waals surface area contributed by atoms with Crippen LogP contribution in [0.2, 0.25) is 0 Å². The maximum atomic E-state index is 11.6. The Bertz CT molecular complexity index is 591. The number of halogens is 1. The first kappa shape index (κ1) is 13.1. The highest BCUT2D eigenvalue weighted by Crippen LogP contribution is 2.32. The summed E-state index contributed by atoms with van der Waals surface area (Å²) in [5.74, 6) is -0.624. The Labute approximate surface area is 113 Å². The zero-order valence-electron chi connectivity index (χ0n) is 10.2. The zero-order valence-corrected chi connectivity index (χ0v) is 11.8. The van der Waals surface area contributed by atoms with E-state index in [0.29, 0.717) is 5.56 Å². The summed E-state index contributed by atoms with van der Waals surface area (Å²) in [6, 6.07) is 5.72. The Morgan fingerprint density at radius 3 is 2.94 bits per heavy atom. The number of rotatable bonds is 3. The lowest BCUT2D eigenvalue weighted by Gasteiger charge is -2.09. The van der Waals surface area contributed by atoms with E-state index >= 15 is 0 Å². The van der Waals surface area contributed by atoms with Crippen LogP contribution < -0.4 is 0 Å². The van der Waals surface area contributed by atoms with Gasteiger partial charge in [0.05, 0.1) is 6.61 Å². The average molecular weight is 312 g/mol. The minimum Gasteiger partial charge on any atom is -0.464 e. The van der Waals surface area contributed by atoms with Gasteiger partial charge < -0.3 is 14.4 Å². The van der Waals surface area contributed by atoms with Gasteiger partial charge >= 0.3 is 5.97 Å². The number of hydrogen-bond donors (Lipinski definition) is 1. The predicted molar refractivity (Wildman–Crippen MR) is 72.2 cm³/mol. The van der Waals surface area contributed by atoms with Crippen LogP contribution in [0.1, 0.15) is 18.6 Å². The van der Waals surface area contributed by atoms with Crippen molar-refractivity contribution in [2.45, 2.75) is 13.0 Å². The Balaban J connectivity index is 2.54. The van der Waals surface area contributed by atoms with Crippen LogP contribution in [0.25, 0.3) is 10.9 Å². The second-order valence-corrected chi connectivity index (χ2v) is 4.84. The number of aromatic nitrogens is 1. The summed E-state index contributed by atoms with van der Waals surface area (Å²) in [6.45, 7) is 1.96. The molecule has 2 aromatic rings. The fraction of sp³-hybridized carbons (Fsp3) is 0.308. The molecule has 0 saturated carbocycles. The molecule has 0 aliphatic heterocycles. The first-order chi connectivity index (χ1) is 8.56. The van der Waals surface area contributed by atoms with E-state index in [-0.39, 0.29) is 6.61 Å². The maximum absolute atomic E-state index is 11.6. The second kappa shape index (κ2) is 5.12. The third-order valence-electron chi connectivity index (χ3n) is 2.80. The van der Waals surface area contributed by atoms with Crippen LogP contribution in [0.5, 0.6) is 0 Å². The smallest absolute Gasteiger partial charge is 0.339 e. The number of hydrogen-bond acceptors (Lipinski definition) is 3. The molecule has 4 nitrogen and oxygen atoms in total. The second-order valence-electron chi connectivity index (χ2n) is 3.98. The normalized spacial score (nSPS) is 12.7. The van der Waals surface area contributed by atoms with Crippen LogP contribution >= 0.6 is 15.9 Å². The summed E-state index contributed by atoms with van der Waals surface area (Å²) >= 11 is 3.44. The number of nitrogens with zero attached hydrogens (tertiary/aromatic N) is 1. The van der Waals surface area contributed by atoms with Crippen molar-refractivity contribution in [3.05, 3.63) is 34.4 Å². The van der Waals surface area contributed by atoms with E-state index in [0.717, 1.165) is 15.4 Å². The molecule has 1 atom stereocenters. The van der Waals surface area contributed by atoms with Gasteiger partial charge in [-0.3, -0.25) is 0 Å². The van der Waals surface area contributed by atoms with Gasteiger partial charge in [-0.1, -0.05) is 22.0 Å². The molecule has 0 aliphatic carbocycles. The predicted octanol–water partition coefficient (Wildman–Crippen LogP) is 2.54. The number of carbonyl (C=O) groups is 1. The molecule has 1 aromatic heterocycles. The summed E-state index contributed by atoms with van der Waals surface area (Å²) < 4.78 is 7.56. The molecular weight excluding hydrogens is 298 g/mol. The molecule has 0 bridgehead atoms. The number of carbonyl (C=O) groups excluding carboxylic acids is 1. The van der Waals surface area contributed by atoms with E-state index in [1.165, 1.54) is 0 Å². The van der Waals surface area contributed by atoms with Gasteiger partial charge in [0.1, 0.15) is 0 Å². The van der Waals surface area contributed by atoms with Crippen molar-refractivity contribution < 1.29 is 14.6 Å². The van der Waals surface area contributed by atoms with E-state index in [1.807, 2.05) is 29.8 Å². The molecule has 0 radical (unpaired) electrons. The van der Waals surface area contributed by atoms with Gasteiger partial charge in [-0.2, -0.15) is 0 Å². The number of aliphatic hydroxyl groups is 1. The van der Waals surface area contributed by atoms with Crippen molar-refractivity contribution in [1.29, 1.82) is 0 Å². The van der Waals surface area contributed by atoms with Gasteiger partial charge in [-0.05, 0) is 19.1 Å². The van der Waals surface area contributed by atoms with Gasteiger partial charge in [0, 0.05) is 34.2 Å². The van der Waals surface area contributed by atoms with Crippen molar-refractivity contribution in [2.75, 3.05) is 6.61 Å². The maximum Gasteiger partial charge on any atom is 0.339 e. The first-order valence-electron chi connectivity index (χ1n) is 5.64. The standard InChI is InChI=1S/C13H14BrNO3/c1-3-18-13(17)12(16)8-7-15(2)10-6-4-5-9(14)11(8)10/h4-7,12,16H,3H2,1-2H3. The lowest BCUT2D eigenvalue weighted by Crippen LogP contribution is -2.15. The SMILES string of the molecule is CCOC(=O)C(O)c1cn(C)c2cccc(Br)c12. The van der Waals surface area contributed by atoms with E-state index in [2.05, 4.69) is 15.9 Å². The number of aliphatic hydroxyl groups excluding tert-OH is 1. The molecular formula is C13H14BrNO3. The van der Waals surface area contributed by atoms with Crippen molar-refractivity contribution >= 4 is 32.8 Å². The summed E-state index contributed by atoms with van der Waals surface area (Å²) in [6.07, 6.45) is 0.490. The lowest BCUT2D eigenvalue weighted by atomic mass is 10.1. The molecule has 0 spiro atoms. The van der Waals surface area contributed by atoms with Gasteiger partial charge in [0.25, 0.3) is 0 Å². The number of esters is 1. The highest BCUT2D eigenvalue weighted by molar-refractivity contribution is 9.10. The number of benzene rings is 1. The van der Waals surface area contributed by atoms with E-state index in [1.54, 1.807) is 13.1 Å². The van der Waals surface area contributed by atoms with Crippen LogP contribution in [0.15, 0.2) is 28.9 Å². The first-order valence-corrected chi connectivity index (χ1v) is 6.43. The summed E-state index contributed by atoms with van der Waals surface area (Å²) in [5, 5.41) is 10.9. The topological polar surface area (TPSA) is 51.5 Å². The minimum atomic E-state index is -1.26. The highest BCUT2D eigenvalue weighted by atomic mass is 79.9. The molecule has 2 rings (SSSR count). The molecule has 1 aromatic carbocycles. The fourth-order valence-corrected chi connectivity index (χ4v) is 2.58. The summed E-state index contributed by atoms with van der Waals surface area (Å²) in [5.41, 5.74) is 1.50. The monoisotopic (exact) mass is 311 g/mol. The van der Waals surface area contributed by atoms with Crippen LogP contribution in [0.4, 0.5) is 0 Å². The van der Waals surface area contributed by atoms with Crippen LogP contribution in [0.3, 0.4) is 0 Å². The largest absolute Gasteiger partial charge is 0.464 e. The van der Waals surface area contributed by atoms with Gasteiger partial charge in [0.15, 0.2) is 6.10 Å². The van der Waals surface area contributed by atoms with Crippen LogP contribution in [-0.4, -0.2) is 22.2 Å². The number of fused-ring (bicyclic) bond motifs is 1. The quantitative estimate of drug-likeness (QED) is 0.886. The van der Waals surface area contributed by atoms with E-state index < -0.39 is 12.1 Å². The summed E-state index contributed by atoms with van der Waals surface area (Å²) in [7, 11) is 1.87. The van der Waals surface area contributed by atoms with E-state index in [9.17, 15) is 9.90 Å². The van der Waals surface area contributed by atoms with E-state index in [4.69, 9.17) is 4.74 Å². The molecule has 0 saturated heterocycles. The molecule has 1 N–H and O–H groups in total. The lowest BCUT2D eigenvalue weighted by molar-refractivity contribution is -0.153. The third kappa shape index (κ3) is 2.15.